The van der Waals surface area contributed by atoms with Crippen molar-refractivity contribution in [2.24, 2.45) is 5.92 Å². The molecule has 1 aliphatic rings. The van der Waals surface area contributed by atoms with E-state index in [9.17, 15) is 0 Å². The van der Waals surface area contributed by atoms with Gasteiger partial charge in [-0.3, -0.25) is 0 Å². The van der Waals surface area contributed by atoms with Gasteiger partial charge in [0.05, 0.1) is 0 Å². The molecule has 1 saturated heterocycles. The minimum atomic E-state index is 0.495. The number of nitrogens with zero attached hydrogens (tertiary/aromatic N) is 3. The molecule has 2 aromatic carbocycles. The summed E-state index contributed by atoms with van der Waals surface area (Å²) in [7, 11) is 0. The molecule has 0 saturated carbocycles. The van der Waals surface area contributed by atoms with Crippen LogP contribution in [-0.4, -0.2) is 34.7 Å². The molecule has 28 heavy (non-hydrogen) atoms. The number of benzene rings is 2. The summed E-state index contributed by atoms with van der Waals surface area (Å²) in [6, 6.07) is 19.7. The van der Waals surface area contributed by atoms with E-state index in [1.54, 1.807) is 0 Å². The number of hydrogen-bond donors (Lipinski definition) is 3. The van der Waals surface area contributed by atoms with E-state index in [-0.39, 0.29) is 0 Å². The van der Waals surface area contributed by atoms with Crippen molar-refractivity contribution < 1.29 is 4.74 Å². The van der Waals surface area contributed by atoms with Gasteiger partial charge in [-0.2, -0.15) is 15.0 Å². The fraction of sp³-hybridized carbons (Fsp3) is 0.286. The Morgan fingerprint density at radius 1 is 0.714 bits per heavy atom. The second-order valence-corrected chi connectivity index (χ2v) is 6.72. The van der Waals surface area contributed by atoms with E-state index in [4.69, 9.17) is 4.74 Å². The predicted octanol–water partition coefficient (Wildman–Crippen LogP) is 4.20. The highest BCUT2D eigenvalue weighted by Crippen LogP contribution is 2.20. The molecule has 0 aliphatic carbocycles. The lowest BCUT2D eigenvalue weighted by atomic mass is 10.0. The molecule has 0 spiro atoms. The van der Waals surface area contributed by atoms with Gasteiger partial charge in [-0.15, -0.1) is 0 Å². The van der Waals surface area contributed by atoms with Gasteiger partial charge in [0.25, 0.3) is 0 Å². The third-order valence-corrected chi connectivity index (χ3v) is 4.58. The second kappa shape index (κ2) is 9.14. The Labute approximate surface area is 164 Å². The highest BCUT2D eigenvalue weighted by Gasteiger charge is 2.15. The largest absolute Gasteiger partial charge is 0.381 e. The van der Waals surface area contributed by atoms with Gasteiger partial charge in [-0.05, 0) is 43.0 Å². The lowest BCUT2D eigenvalue weighted by molar-refractivity contribution is 0.0699. The second-order valence-electron chi connectivity index (χ2n) is 6.72. The number of para-hydroxylation sites is 2. The van der Waals surface area contributed by atoms with Crippen molar-refractivity contribution in [3.05, 3.63) is 60.7 Å². The Balaban J connectivity index is 1.52. The smallest absolute Gasteiger partial charge is 0.233 e. The summed E-state index contributed by atoms with van der Waals surface area (Å²) in [5.74, 6) is 2.11. The zero-order valence-corrected chi connectivity index (χ0v) is 15.6. The lowest BCUT2D eigenvalue weighted by Gasteiger charge is -2.22. The molecule has 1 fully saturated rings. The van der Waals surface area contributed by atoms with Crippen LogP contribution in [0.15, 0.2) is 60.7 Å². The van der Waals surface area contributed by atoms with Gasteiger partial charge in [0.1, 0.15) is 0 Å². The summed E-state index contributed by atoms with van der Waals surface area (Å²) >= 11 is 0. The van der Waals surface area contributed by atoms with Crippen molar-refractivity contribution in [3.8, 4) is 0 Å². The zero-order chi connectivity index (χ0) is 19.0. The zero-order valence-electron chi connectivity index (χ0n) is 15.6. The van der Waals surface area contributed by atoms with Crippen LogP contribution in [0.25, 0.3) is 0 Å². The summed E-state index contributed by atoms with van der Waals surface area (Å²) in [4.78, 5) is 13.6. The summed E-state index contributed by atoms with van der Waals surface area (Å²) in [6.45, 7) is 2.47. The molecule has 0 radical (unpaired) electrons. The summed E-state index contributed by atoms with van der Waals surface area (Å²) in [5.41, 5.74) is 1.85. The van der Waals surface area contributed by atoms with Crippen molar-refractivity contribution in [1.29, 1.82) is 0 Å². The van der Waals surface area contributed by atoms with Crippen LogP contribution in [0.5, 0.6) is 0 Å². The molecule has 2 heterocycles. The van der Waals surface area contributed by atoms with Gasteiger partial charge in [0, 0.05) is 31.1 Å². The standard InChI is InChI=1S/C21H24N6O/c1-3-7-17(8-4-1)23-20-25-19(22-15-16-11-13-28-14-12-16)26-21(27-20)24-18-9-5-2-6-10-18/h1-10,16H,11-15H2,(H3,22,23,24,25,26,27). The van der Waals surface area contributed by atoms with E-state index < -0.39 is 0 Å². The third-order valence-electron chi connectivity index (χ3n) is 4.58. The predicted molar refractivity (Wildman–Crippen MR) is 111 cm³/mol. The number of anilines is 5. The Bertz CT molecular complexity index is 809. The Morgan fingerprint density at radius 2 is 1.21 bits per heavy atom. The fourth-order valence-electron chi connectivity index (χ4n) is 3.05. The molecule has 4 rings (SSSR count). The molecule has 3 aromatic rings. The molecule has 0 unspecified atom stereocenters. The molecule has 0 atom stereocenters. The molecule has 0 amide bonds. The minimum absolute atomic E-state index is 0.495. The molecule has 3 N–H and O–H groups in total. The normalized spacial score (nSPS) is 14.4. The van der Waals surface area contributed by atoms with E-state index in [0.29, 0.717) is 23.8 Å². The first-order valence-electron chi connectivity index (χ1n) is 9.57. The van der Waals surface area contributed by atoms with E-state index in [2.05, 4.69) is 30.9 Å². The number of ether oxygens (including phenoxy) is 1. The van der Waals surface area contributed by atoms with E-state index >= 15 is 0 Å². The Kier molecular flexibility index (Phi) is 5.94. The highest BCUT2D eigenvalue weighted by molar-refractivity contribution is 5.58. The van der Waals surface area contributed by atoms with Crippen molar-refractivity contribution >= 4 is 29.2 Å². The van der Waals surface area contributed by atoms with Crippen molar-refractivity contribution in [3.63, 3.8) is 0 Å². The van der Waals surface area contributed by atoms with Gasteiger partial charge in [-0.1, -0.05) is 36.4 Å². The van der Waals surface area contributed by atoms with Crippen LogP contribution < -0.4 is 16.0 Å². The van der Waals surface area contributed by atoms with Crippen LogP contribution in [0.3, 0.4) is 0 Å². The molecule has 0 bridgehead atoms. The maximum atomic E-state index is 5.43. The number of nitrogens with one attached hydrogen (secondary N) is 3. The van der Waals surface area contributed by atoms with Crippen LogP contribution in [-0.2, 0) is 4.74 Å². The fourth-order valence-corrected chi connectivity index (χ4v) is 3.05. The third kappa shape index (κ3) is 5.17. The van der Waals surface area contributed by atoms with Crippen LogP contribution >= 0.6 is 0 Å². The maximum absolute atomic E-state index is 5.43. The topological polar surface area (TPSA) is 84.0 Å². The first kappa shape index (κ1) is 18.2. The molecule has 7 nitrogen and oxygen atoms in total. The lowest BCUT2D eigenvalue weighted by Crippen LogP contribution is -2.23. The Hall–Kier alpha value is -3.19. The minimum Gasteiger partial charge on any atom is -0.381 e. The number of aromatic nitrogens is 3. The van der Waals surface area contributed by atoms with Gasteiger partial charge < -0.3 is 20.7 Å². The van der Waals surface area contributed by atoms with Crippen LogP contribution in [0, 0.1) is 5.92 Å². The summed E-state index contributed by atoms with van der Waals surface area (Å²) in [5, 5.41) is 9.86. The van der Waals surface area contributed by atoms with Crippen LogP contribution in [0.1, 0.15) is 12.8 Å². The highest BCUT2D eigenvalue weighted by atomic mass is 16.5. The number of rotatable bonds is 7. The van der Waals surface area contributed by atoms with Crippen molar-refractivity contribution in [1.82, 2.24) is 15.0 Å². The summed E-state index contributed by atoms with van der Waals surface area (Å²) < 4.78 is 5.43. The van der Waals surface area contributed by atoms with Crippen molar-refractivity contribution in [2.75, 3.05) is 35.7 Å². The van der Waals surface area contributed by atoms with Gasteiger partial charge >= 0.3 is 0 Å². The van der Waals surface area contributed by atoms with Gasteiger partial charge in [0.15, 0.2) is 0 Å². The Morgan fingerprint density at radius 3 is 1.75 bits per heavy atom. The van der Waals surface area contributed by atoms with Gasteiger partial charge in [-0.25, -0.2) is 0 Å². The van der Waals surface area contributed by atoms with E-state index in [0.717, 1.165) is 44.0 Å². The van der Waals surface area contributed by atoms with Gasteiger partial charge in [0.2, 0.25) is 17.8 Å². The quantitative estimate of drug-likeness (QED) is 0.570. The van der Waals surface area contributed by atoms with E-state index in [1.165, 1.54) is 0 Å². The maximum Gasteiger partial charge on any atom is 0.233 e. The SMILES string of the molecule is c1ccc(Nc2nc(NCC3CCOCC3)nc(Nc3ccccc3)n2)cc1. The number of hydrogen-bond acceptors (Lipinski definition) is 7. The molecule has 1 aromatic heterocycles. The monoisotopic (exact) mass is 376 g/mol. The average molecular weight is 376 g/mol. The molecular formula is C21H24N6O. The first-order valence-corrected chi connectivity index (χ1v) is 9.57. The van der Waals surface area contributed by atoms with E-state index in [1.807, 2.05) is 60.7 Å². The van der Waals surface area contributed by atoms with Crippen LogP contribution in [0.4, 0.5) is 29.2 Å². The molecular weight excluding hydrogens is 352 g/mol. The average Bonchev–Trinajstić information content (AvgIpc) is 2.74. The van der Waals surface area contributed by atoms with Crippen LogP contribution in [0.2, 0.25) is 0 Å². The summed E-state index contributed by atoms with van der Waals surface area (Å²) in [6.07, 6.45) is 2.12. The van der Waals surface area contributed by atoms with Crippen molar-refractivity contribution in [2.45, 2.75) is 12.8 Å². The molecule has 1 aliphatic heterocycles. The molecule has 7 heteroatoms. The first-order chi connectivity index (χ1) is 13.8. The molecule has 144 valence electrons.